The second-order valence-electron chi connectivity index (χ2n) is 5.68. The van der Waals surface area contributed by atoms with Gasteiger partial charge in [-0.3, -0.25) is 4.79 Å². The molecular formula is C17H22N4O2S2. The fraction of sp³-hybridized carbons (Fsp3) is 0.235. The highest BCUT2D eigenvalue weighted by atomic mass is 32.2. The van der Waals surface area contributed by atoms with Gasteiger partial charge in [0.05, 0.1) is 10.7 Å². The molecule has 1 atom stereocenters. The quantitative estimate of drug-likeness (QED) is 0.593. The Bertz CT molecular complexity index is 824. The number of thiophene rings is 1. The van der Waals surface area contributed by atoms with Crippen molar-refractivity contribution < 1.29 is 9.35 Å². The smallest absolute Gasteiger partial charge is 0.263 e. The van der Waals surface area contributed by atoms with Gasteiger partial charge in [-0.2, -0.15) is 0 Å². The highest BCUT2D eigenvalue weighted by Gasteiger charge is 2.21. The molecule has 25 heavy (non-hydrogen) atoms. The molecule has 1 heterocycles. The van der Waals surface area contributed by atoms with Crippen LogP contribution in [-0.4, -0.2) is 16.7 Å². The summed E-state index contributed by atoms with van der Waals surface area (Å²) in [6, 6.07) is 7.26. The fourth-order valence-electron chi connectivity index (χ4n) is 2.31. The van der Waals surface area contributed by atoms with E-state index in [2.05, 4.69) is 5.32 Å². The van der Waals surface area contributed by atoms with Gasteiger partial charge < -0.3 is 27.1 Å². The highest BCUT2D eigenvalue weighted by molar-refractivity contribution is 7.90. The Kier molecular flexibility index (Phi) is 5.99. The summed E-state index contributed by atoms with van der Waals surface area (Å²) in [5, 5.41) is 3.29. The van der Waals surface area contributed by atoms with Crippen LogP contribution in [0.3, 0.4) is 0 Å². The Hall–Kier alpha value is -2.16. The Labute approximate surface area is 154 Å². The monoisotopic (exact) mass is 378 g/mol. The Morgan fingerprint density at radius 1 is 1.32 bits per heavy atom. The van der Waals surface area contributed by atoms with E-state index < -0.39 is 11.2 Å². The van der Waals surface area contributed by atoms with Crippen molar-refractivity contribution >= 4 is 44.7 Å². The molecule has 1 aromatic carbocycles. The number of benzene rings is 1. The van der Waals surface area contributed by atoms with Crippen LogP contribution in [0.15, 0.2) is 34.9 Å². The van der Waals surface area contributed by atoms with Gasteiger partial charge in [0.25, 0.3) is 5.91 Å². The molecule has 2 rings (SSSR count). The number of allylic oxidation sites excluding steroid dienone is 2. The number of carbonyl (C=O) groups is 1. The van der Waals surface area contributed by atoms with Gasteiger partial charge in [0.1, 0.15) is 11.1 Å². The molecule has 0 spiro atoms. The average Bonchev–Trinajstić information content (AvgIpc) is 2.86. The number of hydrogen-bond donors (Lipinski definition) is 4. The SMILES string of the molecule is C/C(N)=C(\C)c1c(N)sc(C(=O)NCc2cccc([S+](C)[O-])c2)c1N. The normalized spacial score (nSPS) is 13.3. The Morgan fingerprint density at radius 2 is 2.00 bits per heavy atom. The molecule has 1 aromatic heterocycles. The predicted octanol–water partition coefficient (Wildman–Crippen LogP) is 2.29. The molecule has 2 aromatic rings. The maximum atomic E-state index is 12.5. The lowest BCUT2D eigenvalue weighted by Gasteiger charge is -2.08. The van der Waals surface area contributed by atoms with Crippen LogP contribution in [0, 0.1) is 0 Å². The van der Waals surface area contributed by atoms with E-state index in [1.807, 2.05) is 19.1 Å². The molecule has 0 radical (unpaired) electrons. The predicted molar refractivity (Wildman–Crippen MR) is 106 cm³/mol. The zero-order valence-corrected chi connectivity index (χ0v) is 16.0. The first-order valence-electron chi connectivity index (χ1n) is 7.54. The lowest BCUT2D eigenvalue weighted by atomic mass is 10.1. The van der Waals surface area contributed by atoms with Gasteiger partial charge in [0, 0.05) is 17.8 Å². The van der Waals surface area contributed by atoms with Crippen LogP contribution in [0.5, 0.6) is 0 Å². The molecule has 7 N–H and O–H groups in total. The van der Waals surface area contributed by atoms with Gasteiger partial charge in [0.15, 0.2) is 4.90 Å². The van der Waals surface area contributed by atoms with Crippen molar-refractivity contribution in [3.63, 3.8) is 0 Å². The molecule has 0 bridgehead atoms. The van der Waals surface area contributed by atoms with Gasteiger partial charge in [-0.1, -0.05) is 12.1 Å². The van der Waals surface area contributed by atoms with Gasteiger partial charge in [-0.05, 0) is 48.3 Å². The first kappa shape index (κ1) is 19.2. The molecule has 0 saturated heterocycles. The minimum atomic E-state index is -1.07. The Morgan fingerprint density at radius 3 is 2.60 bits per heavy atom. The average molecular weight is 379 g/mol. The molecule has 6 nitrogen and oxygen atoms in total. The molecule has 0 aliphatic rings. The molecule has 0 aliphatic heterocycles. The van der Waals surface area contributed by atoms with E-state index in [1.54, 1.807) is 25.3 Å². The number of nitrogen functional groups attached to an aromatic ring is 2. The first-order valence-corrected chi connectivity index (χ1v) is 9.91. The summed E-state index contributed by atoms with van der Waals surface area (Å²) in [4.78, 5) is 13.6. The molecule has 134 valence electrons. The molecule has 8 heteroatoms. The minimum absolute atomic E-state index is 0.300. The van der Waals surface area contributed by atoms with E-state index in [4.69, 9.17) is 17.2 Å². The summed E-state index contributed by atoms with van der Waals surface area (Å²) >= 11 is 0.0735. The maximum Gasteiger partial charge on any atom is 0.263 e. The minimum Gasteiger partial charge on any atom is -0.612 e. The van der Waals surface area contributed by atoms with E-state index in [1.165, 1.54) is 0 Å². The van der Waals surface area contributed by atoms with Crippen molar-refractivity contribution in [2.45, 2.75) is 25.3 Å². The third kappa shape index (κ3) is 4.28. The van der Waals surface area contributed by atoms with Gasteiger partial charge in [0.2, 0.25) is 0 Å². The van der Waals surface area contributed by atoms with Crippen molar-refractivity contribution in [3.05, 3.63) is 46.0 Å². The summed E-state index contributed by atoms with van der Waals surface area (Å²) in [6.07, 6.45) is 1.61. The summed E-state index contributed by atoms with van der Waals surface area (Å²) in [5.74, 6) is -0.300. The van der Waals surface area contributed by atoms with E-state index in [9.17, 15) is 9.35 Å². The number of hydrogen-bond acceptors (Lipinski definition) is 6. The summed E-state index contributed by atoms with van der Waals surface area (Å²) in [5.41, 5.74) is 21.1. The lowest BCUT2D eigenvalue weighted by molar-refractivity contribution is 0.0955. The molecule has 0 fully saturated rings. The number of amides is 1. The lowest BCUT2D eigenvalue weighted by Crippen LogP contribution is -2.23. The van der Waals surface area contributed by atoms with Crippen LogP contribution in [0.25, 0.3) is 5.57 Å². The summed E-state index contributed by atoms with van der Waals surface area (Å²) in [6.45, 7) is 3.89. The second-order valence-corrected chi connectivity index (χ2v) is 8.11. The topological polar surface area (TPSA) is 130 Å². The third-order valence-electron chi connectivity index (χ3n) is 3.83. The largest absolute Gasteiger partial charge is 0.612 e. The molecular weight excluding hydrogens is 356 g/mol. The molecule has 0 aliphatic carbocycles. The van der Waals surface area contributed by atoms with Crippen molar-refractivity contribution in [2.75, 3.05) is 17.7 Å². The van der Waals surface area contributed by atoms with E-state index in [-0.39, 0.29) is 5.91 Å². The van der Waals surface area contributed by atoms with Crippen LogP contribution in [0.2, 0.25) is 0 Å². The number of nitrogens with two attached hydrogens (primary N) is 3. The third-order valence-corrected chi connectivity index (χ3v) is 5.78. The van der Waals surface area contributed by atoms with Crippen LogP contribution in [0.1, 0.15) is 34.6 Å². The van der Waals surface area contributed by atoms with Crippen LogP contribution < -0.4 is 22.5 Å². The van der Waals surface area contributed by atoms with Crippen molar-refractivity contribution in [1.29, 1.82) is 0 Å². The molecule has 1 amide bonds. The van der Waals surface area contributed by atoms with Crippen LogP contribution in [-0.2, 0) is 17.7 Å². The molecule has 0 saturated carbocycles. The van der Waals surface area contributed by atoms with E-state index in [0.717, 1.165) is 22.5 Å². The number of nitrogens with one attached hydrogen (secondary N) is 1. The standard InChI is InChI=1S/C17H22N4O2S2/c1-9(10(2)18)13-14(19)15(24-16(13)20)17(22)21-8-11-5-4-6-12(7-11)25(3)23/h4-7H,8,18-20H2,1-3H3,(H,21,22)/b10-9-. The molecule has 1 unspecified atom stereocenters. The number of anilines is 2. The second kappa shape index (κ2) is 7.81. The van der Waals surface area contributed by atoms with Gasteiger partial charge in [-0.25, -0.2) is 0 Å². The Balaban J connectivity index is 2.19. The van der Waals surface area contributed by atoms with Crippen LogP contribution >= 0.6 is 11.3 Å². The van der Waals surface area contributed by atoms with Gasteiger partial charge >= 0.3 is 0 Å². The zero-order valence-electron chi connectivity index (χ0n) is 14.4. The number of rotatable bonds is 5. The summed E-state index contributed by atoms with van der Waals surface area (Å²) in [7, 11) is 0. The van der Waals surface area contributed by atoms with Gasteiger partial charge in [-0.15, -0.1) is 11.3 Å². The summed E-state index contributed by atoms with van der Waals surface area (Å²) < 4.78 is 11.5. The first-order chi connectivity index (χ1) is 11.7. The van der Waals surface area contributed by atoms with E-state index in [0.29, 0.717) is 38.3 Å². The highest BCUT2D eigenvalue weighted by Crippen LogP contribution is 2.38. The van der Waals surface area contributed by atoms with Crippen molar-refractivity contribution in [3.8, 4) is 0 Å². The maximum absolute atomic E-state index is 12.5. The fourth-order valence-corrected chi connectivity index (χ4v) is 3.86. The van der Waals surface area contributed by atoms with Crippen molar-refractivity contribution in [1.82, 2.24) is 5.32 Å². The number of carbonyl (C=O) groups excluding carboxylic acids is 1. The van der Waals surface area contributed by atoms with Crippen molar-refractivity contribution in [2.24, 2.45) is 5.73 Å². The zero-order chi connectivity index (χ0) is 18.7. The van der Waals surface area contributed by atoms with E-state index >= 15 is 0 Å². The van der Waals surface area contributed by atoms with Crippen LogP contribution in [0.4, 0.5) is 10.7 Å².